The number of hydrogen-bond acceptors (Lipinski definition) is 3. The van der Waals surface area contributed by atoms with Crippen LogP contribution >= 0.6 is 0 Å². The Morgan fingerprint density at radius 1 is 1.25 bits per heavy atom. The molecule has 4 heteroatoms. The summed E-state index contributed by atoms with van der Waals surface area (Å²) < 4.78 is 0. The van der Waals surface area contributed by atoms with Gasteiger partial charge in [-0.1, -0.05) is 36.8 Å². The molecule has 2 aliphatic rings. The zero-order valence-corrected chi connectivity index (χ0v) is 11.6. The summed E-state index contributed by atoms with van der Waals surface area (Å²) in [5.74, 6) is 0.459. The third-order valence-electron chi connectivity index (χ3n) is 4.50. The van der Waals surface area contributed by atoms with Crippen LogP contribution in [0.4, 0.5) is 0 Å². The van der Waals surface area contributed by atoms with Crippen molar-refractivity contribution < 1.29 is 9.90 Å². The van der Waals surface area contributed by atoms with Gasteiger partial charge < -0.3 is 15.7 Å². The summed E-state index contributed by atoms with van der Waals surface area (Å²) in [5.41, 5.74) is 1.31. The summed E-state index contributed by atoms with van der Waals surface area (Å²) in [6.07, 6.45) is 3.47. The third-order valence-corrected chi connectivity index (χ3v) is 4.50. The first-order valence-corrected chi connectivity index (χ1v) is 7.51. The summed E-state index contributed by atoms with van der Waals surface area (Å²) in [5, 5.41) is 15.7. The van der Waals surface area contributed by atoms with E-state index in [9.17, 15) is 9.90 Å². The normalized spacial score (nSPS) is 33.2. The molecule has 4 nitrogen and oxygen atoms in total. The smallest absolute Gasteiger partial charge is 0.237 e. The Kier molecular flexibility index (Phi) is 4.03. The summed E-state index contributed by atoms with van der Waals surface area (Å²) in [7, 11) is 0. The van der Waals surface area contributed by atoms with Crippen LogP contribution in [0.15, 0.2) is 30.3 Å². The zero-order valence-electron chi connectivity index (χ0n) is 11.6. The van der Waals surface area contributed by atoms with Gasteiger partial charge in [-0.25, -0.2) is 0 Å². The van der Waals surface area contributed by atoms with E-state index in [1.165, 1.54) is 5.56 Å². The van der Waals surface area contributed by atoms with Crippen LogP contribution in [-0.2, 0) is 4.79 Å². The molecule has 1 saturated heterocycles. The summed E-state index contributed by atoms with van der Waals surface area (Å²) in [6, 6.07) is 10.4. The predicted octanol–water partition coefficient (Wildman–Crippen LogP) is 1.16. The first-order valence-electron chi connectivity index (χ1n) is 7.51. The second-order valence-electron chi connectivity index (χ2n) is 5.91. The number of rotatable bonds is 3. The van der Waals surface area contributed by atoms with Gasteiger partial charge in [0.1, 0.15) is 0 Å². The van der Waals surface area contributed by atoms with Gasteiger partial charge in [-0.2, -0.15) is 0 Å². The molecule has 1 aromatic carbocycles. The van der Waals surface area contributed by atoms with Gasteiger partial charge in [0.05, 0.1) is 12.1 Å². The SMILES string of the molecule is O=C(NC1CCCC1c1ccccc1)C1CC(O)CN1. The van der Waals surface area contributed by atoms with Crippen LogP contribution in [0, 0.1) is 0 Å². The molecule has 1 aliphatic heterocycles. The van der Waals surface area contributed by atoms with Gasteiger partial charge in [-0.3, -0.25) is 4.79 Å². The second-order valence-corrected chi connectivity index (χ2v) is 5.91. The van der Waals surface area contributed by atoms with Crippen LogP contribution in [0.25, 0.3) is 0 Å². The highest BCUT2D eigenvalue weighted by Crippen LogP contribution is 2.34. The van der Waals surface area contributed by atoms with E-state index in [4.69, 9.17) is 0 Å². The second kappa shape index (κ2) is 5.94. The van der Waals surface area contributed by atoms with Gasteiger partial charge in [-0.15, -0.1) is 0 Å². The Morgan fingerprint density at radius 3 is 2.75 bits per heavy atom. The largest absolute Gasteiger partial charge is 0.392 e. The molecule has 2 fully saturated rings. The first kappa shape index (κ1) is 13.6. The van der Waals surface area contributed by atoms with Crippen LogP contribution in [0.5, 0.6) is 0 Å². The highest BCUT2D eigenvalue weighted by atomic mass is 16.3. The first-order chi connectivity index (χ1) is 9.74. The maximum absolute atomic E-state index is 12.2. The van der Waals surface area contributed by atoms with Crippen molar-refractivity contribution in [1.82, 2.24) is 10.6 Å². The number of carbonyl (C=O) groups excluding carboxylic acids is 1. The fourth-order valence-corrected chi connectivity index (χ4v) is 3.43. The molecule has 20 heavy (non-hydrogen) atoms. The predicted molar refractivity (Wildman–Crippen MR) is 77.4 cm³/mol. The van der Waals surface area contributed by atoms with Crippen molar-refractivity contribution in [3.8, 4) is 0 Å². The maximum atomic E-state index is 12.2. The van der Waals surface area contributed by atoms with E-state index >= 15 is 0 Å². The Hall–Kier alpha value is -1.39. The molecule has 0 aromatic heterocycles. The molecule has 0 radical (unpaired) electrons. The van der Waals surface area contributed by atoms with Crippen molar-refractivity contribution in [3.63, 3.8) is 0 Å². The molecular weight excluding hydrogens is 252 g/mol. The summed E-state index contributed by atoms with van der Waals surface area (Å²) >= 11 is 0. The molecule has 1 aromatic rings. The van der Waals surface area contributed by atoms with E-state index < -0.39 is 0 Å². The number of amides is 1. The molecule has 0 spiro atoms. The lowest BCUT2D eigenvalue weighted by atomic mass is 9.94. The van der Waals surface area contributed by atoms with Crippen molar-refractivity contribution in [1.29, 1.82) is 0 Å². The number of β-amino-alcohol motifs (C(OH)–C–C–N with tert-alkyl or cyclic N) is 1. The fourth-order valence-electron chi connectivity index (χ4n) is 3.43. The molecular formula is C16H22N2O2. The Bertz CT molecular complexity index is 463. The van der Waals surface area contributed by atoms with Gasteiger partial charge in [0.25, 0.3) is 0 Å². The van der Waals surface area contributed by atoms with Gasteiger partial charge in [0.2, 0.25) is 5.91 Å². The van der Waals surface area contributed by atoms with Gasteiger partial charge in [0, 0.05) is 18.5 Å². The van der Waals surface area contributed by atoms with E-state index in [-0.39, 0.29) is 24.1 Å². The molecule has 1 amide bonds. The minimum atomic E-state index is -0.390. The Labute approximate surface area is 119 Å². The third kappa shape index (κ3) is 2.86. The molecule has 4 unspecified atom stereocenters. The van der Waals surface area contributed by atoms with Crippen molar-refractivity contribution in [2.45, 2.75) is 49.8 Å². The van der Waals surface area contributed by atoms with Crippen LogP contribution in [0.1, 0.15) is 37.2 Å². The van der Waals surface area contributed by atoms with Gasteiger partial charge >= 0.3 is 0 Å². The quantitative estimate of drug-likeness (QED) is 0.775. The average Bonchev–Trinajstić information content (AvgIpc) is 3.09. The molecule has 1 aliphatic carbocycles. The van der Waals surface area contributed by atoms with Crippen molar-refractivity contribution in [2.75, 3.05) is 6.54 Å². The molecule has 3 rings (SSSR count). The van der Waals surface area contributed by atoms with E-state index in [0.717, 1.165) is 19.3 Å². The Balaban J connectivity index is 1.63. The van der Waals surface area contributed by atoms with Crippen molar-refractivity contribution in [2.24, 2.45) is 0 Å². The maximum Gasteiger partial charge on any atom is 0.237 e. The highest BCUT2D eigenvalue weighted by molar-refractivity contribution is 5.82. The molecule has 1 saturated carbocycles. The standard InChI is InChI=1S/C16H22N2O2/c19-12-9-15(17-10-12)16(20)18-14-8-4-7-13(14)11-5-2-1-3-6-11/h1-3,5-6,12-15,17,19H,4,7-10H2,(H,18,20). The van der Waals surface area contributed by atoms with E-state index in [0.29, 0.717) is 18.9 Å². The monoisotopic (exact) mass is 274 g/mol. The topological polar surface area (TPSA) is 61.4 Å². The molecule has 108 valence electrons. The van der Waals surface area contributed by atoms with Crippen molar-refractivity contribution >= 4 is 5.91 Å². The minimum Gasteiger partial charge on any atom is -0.392 e. The van der Waals surface area contributed by atoms with Crippen LogP contribution in [0.2, 0.25) is 0 Å². The molecule has 1 heterocycles. The fraction of sp³-hybridized carbons (Fsp3) is 0.562. The van der Waals surface area contributed by atoms with Gasteiger partial charge in [-0.05, 0) is 24.8 Å². The molecule has 4 atom stereocenters. The number of aliphatic hydroxyl groups is 1. The molecule has 3 N–H and O–H groups in total. The van der Waals surface area contributed by atoms with E-state index in [1.807, 2.05) is 6.07 Å². The number of hydrogen-bond donors (Lipinski definition) is 3. The number of aliphatic hydroxyl groups excluding tert-OH is 1. The average molecular weight is 274 g/mol. The van der Waals surface area contributed by atoms with Gasteiger partial charge in [0.15, 0.2) is 0 Å². The van der Waals surface area contributed by atoms with Crippen LogP contribution in [-0.4, -0.2) is 35.7 Å². The Morgan fingerprint density at radius 2 is 2.05 bits per heavy atom. The lowest BCUT2D eigenvalue weighted by molar-refractivity contribution is -0.123. The summed E-state index contributed by atoms with van der Waals surface area (Å²) in [6.45, 7) is 0.519. The lowest BCUT2D eigenvalue weighted by Gasteiger charge is -2.23. The minimum absolute atomic E-state index is 0.0365. The van der Waals surface area contributed by atoms with Crippen molar-refractivity contribution in [3.05, 3.63) is 35.9 Å². The molecule has 0 bridgehead atoms. The zero-order chi connectivity index (χ0) is 13.9. The van der Waals surface area contributed by atoms with Crippen LogP contribution < -0.4 is 10.6 Å². The lowest BCUT2D eigenvalue weighted by Crippen LogP contribution is -2.45. The van der Waals surface area contributed by atoms with Crippen LogP contribution in [0.3, 0.4) is 0 Å². The number of nitrogens with one attached hydrogen (secondary N) is 2. The van der Waals surface area contributed by atoms with E-state index in [1.54, 1.807) is 0 Å². The van der Waals surface area contributed by atoms with E-state index in [2.05, 4.69) is 34.9 Å². The highest BCUT2D eigenvalue weighted by Gasteiger charge is 2.33. The summed E-state index contributed by atoms with van der Waals surface area (Å²) in [4.78, 5) is 12.2. The number of carbonyl (C=O) groups is 1. The number of benzene rings is 1.